The number of aromatic carboxylic acids is 1. The van der Waals surface area contributed by atoms with Crippen molar-refractivity contribution in [2.45, 2.75) is 26.2 Å². The number of methoxy groups -OCH3 is 7. The van der Waals surface area contributed by atoms with Crippen LogP contribution >= 0.6 is 108 Å². The van der Waals surface area contributed by atoms with Gasteiger partial charge in [0.25, 0.3) is 15.0 Å². The Morgan fingerprint density at radius 2 is 0.752 bits per heavy atom. The molecule has 618 valence electrons. The summed E-state index contributed by atoms with van der Waals surface area (Å²) < 4.78 is 139. The number of aliphatic hydroxyl groups is 1. The second kappa shape index (κ2) is 57.6. The van der Waals surface area contributed by atoms with Gasteiger partial charge >= 0.3 is 23.9 Å². The number of halogens is 8. The number of hydrogen-bond donors (Lipinski definition) is 7. The number of ether oxygens (including phenoxy) is 7. The number of carbonyl (C=O) groups excluding carboxylic acids is 4. The summed E-state index contributed by atoms with van der Waals surface area (Å²) in [5.74, 6) is -1.71. The summed E-state index contributed by atoms with van der Waals surface area (Å²) in [4.78, 5) is 74.1. The SMILES string of the molecule is CN.CNC(=O)c1cncc(CS(=O)(=O)c2cc(Br)ccc2OC)c1.CO.COC(=O)c1cncc(CS(=O)(=O)c2cc(Br)ccc2OC)c1.COC(=O)c1cncc(N)c1.COC(=O)c1cncc(N)c1.COc1ccc(Br)cc1.COc1ccc(Br)cc1S(=O)(=O)Cl.Nc1cncc(C(=O)O)c1.O=S(Cl)Cl.O=S([O-])OCl. The molecule has 47 heteroatoms. The molecule has 1 unspecified atom stereocenters. The maximum absolute atomic E-state index is 12.7. The van der Waals surface area contributed by atoms with E-state index in [1.165, 1.54) is 173 Å². The number of nitrogen functional groups attached to an aromatic ring is 3. The monoisotopic (exact) mass is 2000 g/mol. The lowest BCUT2D eigenvalue weighted by Gasteiger charge is -2.10. The number of aliphatic hydroxyl groups excluding tert-OH is 1. The van der Waals surface area contributed by atoms with E-state index >= 15 is 0 Å². The largest absolute Gasteiger partial charge is 0.749 e. The van der Waals surface area contributed by atoms with Crippen molar-refractivity contribution in [2.75, 3.05) is 88.2 Å². The second-order valence-corrected chi connectivity index (χ2v) is 33.0. The summed E-state index contributed by atoms with van der Waals surface area (Å²) in [6.45, 7) is 0. The number of aromatic nitrogens is 5. The summed E-state index contributed by atoms with van der Waals surface area (Å²) in [5, 5.41) is 17.9. The van der Waals surface area contributed by atoms with Gasteiger partial charge in [-0.15, -0.1) is 0 Å². The Balaban J connectivity index is 0. The number of rotatable bonds is 17. The molecule has 0 spiro atoms. The smallest absolute Gasteiger partial charge is 0.339 e. The molecule has 5 aromatic heterocycles. The minimum absolute atomic E-state index is 0.0361. The highest BCUT2D eigenvalue weighted by atomic mass is 79.9. The second-order valence-electron chi connectivity index (χ2n) is 19.5. The standard InChI is InChI=1S/C15H15BrN2O4S.C15H14BrNO5S.C7H6BrClO3S.C7H7BrO.2C7H8N2O2.C6H6N2O2.CH5N.CH4O.Cl2OS.ClHO3S/c1-17-15(19)11-5-10(7-18-8-11)9-23(20,21)14-6-12(16)3-4-13(14)22-2;1-21-13-4-3-12(16)6-14(13)23(19,20)9-10-5-11(8-17-7-10)15(18)22-2;1-12-6-3-2-5(8)4-7(6)13(9,10)11;1-9-7-4-2-6(8)3-5-7;2*1-11-7(10)5-2-6(8)4-9-3-5;7-5-1-4(6(9)10)2-8-3-5;2*1-2;1-4(2)3;1-4-5(2)3/h3-8H,9H2,1-2H3,(H,17,19);3-8H,9H2,1-2H3;2-4H,1H3;2-5H,1H3;2*2-4H,8H2,1H3;1-3H,7H2,(H,9,10);2H2,1H3;2H,1H3;;(H,2,3)/p-1. The van der Waals surface area contributed by atoms with Crippen molar-refractivity contribution in [1.29, 1.82) is 0 Å². The number of nitrogens with one attached hydrogen (secondary N) is 1. The fraction of sp³-hybridized carbons (Fsp3) is 0.182. The molecule has 11 N–H and O–H groups in total. The van der Waals surface area contributed by atoms with Crippen LogP contribution in [0.1, 0.15) is 62.9 Å². The third-order valence-electron chi connectivity index (χ3n) is 12.0. The summed E-state index contributed by atoms with van der Waals surface area (Å²) in [6.07, 6.45) is 13.9. The van der Waals surface area contributed by atoms with Gasteiger partial charge in [0.2, 0.25) is 9.23 Å². The predicted molar refractivity (Wildman–Crippen MR) is 440 cm³/mol. The first-order valence-electron chi connectivity index (χ1n) is 29.7. The molecule has 1 atom stereocenters. The Morgan fingerprint density at radius 1 is 0.469 bits per heavy atom. The zero-order valence-electron chi connectivity index (χ0n) is 60.6. The maximum Gasteiger partial charge on any atom is 0.339 e. The van der Waals surface area contributed by atoms with E-state index in [2.05, 4.69) is 151 Å². The zero-order chi connectivity index (χ0) is 86.8. The molecule has 9 aromatic rings. The quantitative estimate of drug-likeness (QED) is 0.0193. The molecule has 0 saturated heterocycles. The molecule has 4 aromatic carbocycles. The first-order valence-corrected chi connectivity index (χ1v) is 42.6. The fourth-order valence-corrected chi connectivity index (χ4v) is 13.2. The molecule has 1 amide bonds. The highest BCUT2D eigenvalue weighted by Crippen LogP contribution is 2.33. The molecule has 0 bridgehead atoms. The van der Waals surface area contributed by atoms with Crippen LogP contribution in [0.15, 0.2) is 204 Å². The molecular formula is C66H73Br4Cl4N10O24S5-. The molecule has 34 nitrogen and oxygen atoms in total. The molecule has 5 heterocycles. The van der Waals surface area contributed by atoms with E-state index in [9.17, 15) is 49.2 Å². The highest BCUT2D eigenvalue weighted by molar-refractivity contribution is 9.11. The summed E-state index contributed by atoms with van der Waals surface area (Å²) in [5.41, 5.74) is 24.0. The molecule has 0 aliphatic heterocycles. The molecule has 0 fully saturated rings. The van der Waals surface area contributed by atoms with E-state index in [1.54, 1.807) is 37.4 Å². The van der Waals surface area contributed by atoms with Gasteiger partial charge in [-0.2, -0.15) is 3.74 Å². The van der Waals surface area contributed by atoms with E-state index in [1.807, 2.05) is 24.3 Å². The van der Waals surface area contributed by atoms with Gasteiger partial charge in [0.1, 0.15) is 49.0 Å². The van der Waals surface area contributed by atoms with Crippen LogP contribution in [0.3, 0.4) is 0 Å². The van der Waals surface area contributed by atoms with Crippen molar-refractivity contribution in [1.82, 2.24) is 30.2 Å². The Labute approximate surface area is 708 Å². The van der Waals surface area contributed by atoms with Crippen LogP contribution in [0, 0.1) is 0 Å². The van der Waals surface area contributed by atoms with Gasteiger partial charge in [-0.25, -0.2) is 52.8 Å². The van der Waals surface area contributed by atoms with Crippen LogP contribution in [-0.4, -0.2) is 174 Å². The van der Waals surface area contributed by atoms with E-state index in [0.29, 0.717) is 58.3 Å². The van der Waals surface area contributed by atoms with Crippen LogP contribution in [0.4, 0.5) is 17.1 Å². The maximum atomic E-state index is 12.7. The number of carboxylic acids is 1. The number of nitrogens with two attached hydrogens (primary N) is 4. The molecule has 0 saturated carbocycles. The summed E-state index contributed by atoms with van der Waals surface area (Å²) in [6, 6.07) is 29.1. The number of carbonyl (C=O) groups is 5. The highest BCUT2D eigenvalue weighted by Gasteiger charge is 2.24. The van der Waals surface area contributed by atoms with Crippen molar-refractivity contribution in [2.24, 2.45) is 5.73 Å². The average Bonchev–Trinajstić information content (AvgIpc) is 0.909. The molecule has 0 aliphatic carbocycles. The molecule has 0 radical (unpaired) electrons. The number of esters is 3. The number of carboxylic acid groups (broad SMARTS) is 1. The first kappa shape index (κ1) is 107. The van der Waals surface area contributed by atoms with E-state index in [-0.39, 0.29) is 60.5 Å². The lowest BCUT2D eigenvalue weighted by atomic mass is 10.2. The van der Waals surface area contributed by atoms with Gasteiger partial charge in [-0.1, -0.05) is 63.7 Å². The first-order chi connectivity index (χ1) is 53.2. The molecule has 113 heavy (non-hydrogen) atoms. The van der Waals surface area contributed by atoms with Gasteiger partial charge in [0, 0.05) is 126 Å². The Bertz CT molecular complexity index is 4720. The van der Waals surface area contributed by atoms with Gasteiger partial charge in [0.05, 0.1) is 118 Å². The molecule has 0 aliphatic rings. The number of pyridine rings is 5. The van der Waals surface area contributed by atoms with E-state index in [0.717, 1.165) is 17.3 Å². The van der Waals surface area contributed by atoms with Crippen LogP contribution in [-0.2, 0) is 78.8 Å². The lowest BCUT2D eigenvalue weighted by molar-refractivity contribution is 0.0591. The van der Waals surface area contributed by atoms with Crippen LogP contribution < -0.4 is 47.2 Å². The minimum atomic E-state index is -3.75. The average molecular weight is 2010 g/mol. The normalized spacial score (nSPS) is 10.2. The van der Waals surface area contributed by atoms with Crippen LogP contribution in [0.2, 0.25) is 0 Å². The number of anilines is 3. The Morgan fingerprint density at radius 3 is 1.04 bits per heavy atom. The minimum Gasteiger partial charge on any atom is -0.749 e. The summed E-state index contributed by atoms with van der Waals surface area (Å²) >= 11 is 14.6. The van der Waals surface area contributed by atoms with Gasteiger partial charge in [-0.05, 0) is 127 Å². The number of hydrogen-bond acceptors (Lipinski definition) is 32. The lowest BCUT2D eigenvalue weighted by Crippen LogP contribution is -2.18. The van der Waals surface area contributed by atoms with E-state index in [4.69, 9.17) is 70.0 Å². The topological polar surface area (TPSA) is 540 Å². The van der Waals surface area contributed by atoms with Crippen LogP contribution in [0.25, 0.3) is 0 Å². The van der Waals surface area contributed by atoms with Gasteiger partial charge in [0.15, 0.2) is 19.7 Å². The number of nitrogens with zero attached hydrogens (tertiary/aromatic N) is 5. The van der Waals surface area contributed by atoms with Crippen molar-refractivity contribution >= 4 is 204 Å². The third kappa shape index (κ3) is 43.6. The number of benzene rings is 4. The summed E-state index contributed by atoms with van der Waals surface area (Å²) in [7, 11) is 15.2. The van der Waals surface area contributed by atoms with Crippen LogP contribution in [0.5, 0.6) is 23.0 Å². The van der Waals surface area contributed by atoms with Crippen molar-refractivity contribution in [3.05, 3.63) is 228 Å². The molecular weight excluding hydrogens is 1940 g/mol. The van der Waals surface area contributed by atoms with E-state index < -0.39 is 73.2 Å². The molecule has 9 rings (SSSR count). The van der Waals surface area contributed by atoms with Crippen molar-refractivity contribution in [3.8, 4) is 23.0 Å². The van der Waals surface area contributed by atoms with Crippen molar-refractivity contribution in [3.63, 3.8) is 0 Å². The number of amides is 1. The fourth-order valence-electron chi connectivity index (χ4n) is 7.37. The van der Waals surface area contributed by atoms with Gasteiger partial charge in [-0.3, -0.25) is 29.7 Å². The number of sulfone groups is 2. The Kier molecular flexibility index (Phi) is 54.4. The van der Waals surface area contributed by atoms with Crippen molar-refractivity contribution < 1.29 is 109 Å². The zero-order valence-corrected chi connectivity index (χ0v) is 74.0. The Hall–Kier alpha value is -8.35. The predicted octanol–water partition coefficient (Wildman–Crippen LogP) is 11.1. The van der Waals surface area contributed by atoms with Gasteiger partial charge < -0.3 is 76.2 Å². The third-order valence-corrected chi connectivity index (χ3v) is 19.2.